The van der Waals surface area contributed by atoms with E-state index in [2.05, 4.69) is 160 Å². The molecule has 0 unspecified atom stereocenters. The lowest BCUT2D eigenvalue weighted by Gasteiger charge is -2.12. The zero-order chi connectivity index (χ0) is 30.7. The molecule has 8 rings (SSSR count). The van der Waals surface area contributed by atoms with Crippen LogP contribution in [-0.2, 0) is 0 Å². The molecule has 8 aromatic rings. The third-order valence-electron chi connectivity index (χ3n) is 8.93. The van der Waals surface area contributed by atoms with Crippen LogP contribution in [0.15, 0.2) is 134 Å². The van der Waals surface area contributed by atoms with Crippen molar-refractivity contribution in [2.24, 2.45) is 0 Å². The van der Waals surface area contributed by atoms with Crippen LogP contribution in [-0.4, -0.2) is 9.55 Å². The van der Waals surface area contributed by atoms with Crippen LogP contribution in [0.5, 0.6) is 0 Å². The van der Waals surface area contributed by atoms with E-state index in [-0.39, 0.29) is 0 Å². The zero-order valence-electron chi connectivity index (χ0n) is 26.1. The van der Waals surface area contributed by atoms with E-state index < -0.39 is 0 Å². The van der Waals surface area contributed by atoms with Gasteiger partial charge in [-0.25, -0.2) is 0 Å². The van der Waals surface area contributed by atoms with Gasteiger partial charge >= 0.3 is 0 Å². The van der Waals surface area contributed by atoms with Gasteiger partial charge in [-0.15, -0.1) is 0 Å². The molecule has 0 atom stereocenters. The Morgan fingerprint density at radius 3 is 1.60 bits per heavy atom. The third kappa shape index (κ3) is 4.80. The fourth-order valence-corrected chi connectivity index (χ4v) is 7.09. The van der Waals surface area contributed by atoms with E-state index in [0.29, 0.717) is 0 Å². The lowest BCUT2D eigenvalue weighted by Crippen LogP contribution is -1.95. The van der Waals surface area contributed by atoms with Crippen LogP contribution in [0.1, 0.15) is 22.3 Å². The molecule has 2 heteroatoms. The molecule has 0 bridgehead atoms. The Morgan fingerprint density at radius 2 is 1.00 bits per heavy atom. The second-order valence-corrected chi connectivity index (χ2v) is 12.5. The Morgan fingerprint density at radius 1 is 0.422 bits per heavy atom. The van der Waals surface area contributed by atoms with E-state index in [1.807, 2.05) is 6.20 Å². The second kappa shape index (κ2) is 10.6. The van der Waals surface area contributed by atoms with Crippen LogP contribution in [0.4, 0.5) is 0 Å². The van der Waals surface area contributed by atoms with E-state index in [1.54, 1.807) is 0 Å². The summed E-state index contributed by atoms with van der Waals surface area (Å²) in [6.45, 7) is 8.70. The molecule has 0 N–H and O–H groups in total. The zero-order valence-corrected chi connectivity index (χ0v) is 26.1. The minimum Gasteiger partial charge on any atom is -0.309 e. The SMILES string of the molecule is Cc1cc(C)cc(-c2ccc3c(c2)c2cc(-c4cc(C)cc(C)c4)ccc2n3-c2cccc(-c3nccc4ccccc34)c2)c1. The quantitative estimate of drug-likeness (QED) is 0.203. The Bertz CT molecular complexity index is 2270. The van der Waals surface area contributed by atoms with Gasteiger partial charge in [0.2, 0.25) is 0 Å². The molecule has 0 saturated carbocycles. The highest BCUT2D eigenvalue weighted by Gasteiger charge is 2.16. The van der Waals surface area contributed by atoms with Gasteiger partial charge in [-0.05, 0) is 97.8 Å². The molecular formula is C43H34N2. The van der Waals surface area contributed by atoms with Crippen molar-refractivity contribution in [3.63, 3.8) is 0 Å². The summed E-state index contributed by atoms with van der Waals surface area (Å²) in [5.41, 5.74) is 15.7. The highest BCUT2D eigenvalue weighted by molar-refractivity contribution is 6.11. The molecule has 0 fully saturated rings. The van der Waals surface area contributed by atoms with Crippen LogP contribution in [0.25, 0.3) is 71.8 Å². The first kappa shape index (κ1) is 27.1. The van der Waals surface area contributed by atoms with Crippen molar-refractivity contribution in [3.05, 3.63) is 156 Å². The molecule has 0 spiro atoms. The maximum absolute atomic E-state index is 4.83. The van der Waals surface area contributed by atoms with Gasteiger partial charge in [0, 0.05) is 33.6 Å². The summed E-state index contributed by atoms with van der Waals surface area (Å²) in [5, 5.41) is 4.86. The largest absolute Gasteiger partial charge is 0.309 e. The smallest absolute Gasteiger partial charge is 0.0781 e. The van der Waals surface area contributed by atoms with E-state index >= 15 is 0 Å². The minimum absolute atomic E-state index is 1.00. The van der Waals surface area contributed by atoms with Crippen molar-refractivity contribution in [2.75, 3.05) is 0 Å². The highest BCUT2D eigenvalue weighted by atomic mass is 15.0. The monoisotopic (exact) mass is 578 g/mol. The Labute approximate surface area is 264 Å². The molecule has 2 heterocycles. The fraction of sp³-hybridized carbons (Fsp3) is 0.0930. The molecular weight excluding hydrogens is 544 g/mol. The predicted molar refractivity (Wildman–Crippen MR) is 191 cm³/mol. The fourth-order valence-electron chi connectivity index (χ4n) is 7.09. The number of hydrogen-bond acceptors (Lipinski definition) is 1. The number of aromatic nitrogens is 2. The van der Waals surface area contributed by atoms with E-state index in [0.717, 1.165) is 22.3 Å². The molecule has 0 amide bonds. The standard InChI is InChI=1S/C43H34N2/c1-27-18-28(2)21-35(20-27)32-12-14-41-39(25-32)40-26-33(36-22-29(3)19-30(4)23-36)13-15-42(40)45(41)37-10-7-9-34(24-37)43-38-11-6-5-8-31(38)16-17-44-43/h5-26H,1-4H3. The molecule has 0 aliphatic heterocycles. The number of benzene rings is 6. The van der Waals surface area contributed by atoms with Gasteiger partial charge in [-0.2, -0.15) is 0 Å². The number of rotatable bonds is 4. The van der Waals surface area contributed by atoms with Gasteiger partial charge < -0.3 is 4.57 Å². The van der Waals surface area contributed by atoms with Gasteiger partial charge in [0.05, 0.1) is 16.7 Å². The number of fused-ring (bicyclic) bond motifs is 4. The van der Waals surface area contributed by atoms with Crippen molar-refractivity contribution in [1.29, 1.82) is 0 Å². The van der Waals surface area contributed by atoms with Gasteiger partial charge in [0.1, 0.15) is 0 Å². The summed E-state index contributed by atoms with van der Waals surface area (Å²) in [5.74, 6) is 0. The van der Waals surface area contributed by atoms with Crippen LogP contribution in [0.3, 0.4) is 0 Å². The summed E-state index contributed by atoms with van der Waals surface area (Å²) < 4.78 is 2.41. The summed E-state index contributed by atoms with van der Waals surface area (Å²) in [7, 11) is 0. The molecule has 0 aliphatic carbocycles. The molecule has 0 saturated heterocycles. The predicted octanol–water partition coefficient (Wildman–Crippen LogP) is 11.6. The average molecular weight is 579 g/mol. The summed E-state index contributed by atoms with van der Waals surface area (Å²) in [4.78, 5) is 4.83. The Balaban J connectivity index is 1.38. The van der Waals surface area contributed by atoms with Gasteiger partial charge in [-0.1, -0.05) is 107 Å². The third-order valence-corrected chi connectivity index (χ3v) is 8.93. The van der Waals surface area contributed by atoms with Crippen LogP contribution < -0.4 is 0 Å². The van der Waals surface area contributed by atoms with E-state index in [4.69, 9.17) is 4.98 Å². The van der Waals surface area contributed by atoms with Crippen LogP contribution in [0, 0.1) is 27.7 Å². The molecule has 0 aliphatic rings. The minimum atomic E-state index is 1.00. The summed E-state index contributed by atoms with van der Waals surface area (Å²) in [6, 6.07) is 46.9. The second-order valence-electron chi connectivity index (χ2n) is 12.5. The summed E-state index contributed by atoms with van der Waals surface area (Å²) in [6.07, 6.45) is 1.91. The first-order chi connectivity index (χ1) is 21.9. The molecule has 0 radical (unpaired) electrons. The van der Waals surface area contributed by atoms with Gasteiger partial charge in [0.25, 0.3) is 0 Å². The van der Waals surface area contributed by atoms with Gasteiger partial charge in [-0.3, -0.25) is 4.98 Å². The van der Waals surface area contributed by atoms with Crippen molar-refractivity contribution < 1.29 is 0 Å². The maximum atomic E-state index is 4.83. The lowest BCUT2D eigenvalue weighted by molar-refractivity contribution is 1.18. The molecule has 2 nitrogen and oxygen atoms in total. The van der Waals surface area contributed by atoms with Gasteiger partial charge in [0.15, 0.2) is 0 Å². The van der Waals surface area contributed by atoms with Crippen LogP contribution >= 0.6 is 0 Å². The Hall–Kier alpha value is -5.47. The number of aryl methyl sites for hydroxylation is 4. The van der Waals surface area contributed by atoms with Crippen molar-refractivity contribution >= 4 is 32.6 Å². The first-order valence-electron chi connectivity index (χ1n) is 15.6. The normalized spacial score (nSPS) is 11.6. The van der Waals surface area contributed by atoms with Crippen molar-refractivity contribution in [3.8, 4) is 39.2 Å². The van der Waals surface area contributed by atoms with E-state index in [1.165, 1.54) is 71.7 Å². The highest BCUT2D eigenvalue weighted by Crippen LogP contribution is 2.38. The maximum Gasteiger partial charge on any atom is 0.0781 e. The average Bonchev–Trinajstić information content (AvgIpc) is 3.36. The van der Waals surface area contributed by atoms with Crippen molar-refractivity contribution in [1.82, 2.24) is 9.55 Å². The topological polar surface area (TPSA) is 17.8 Å². The first-order valence-corrected chi connectivity index (χ1v) is 15.6. The summed E-state index contributed by atoms with van der Waals surface area (Å²) >= 11 is 0. The van der Waals surface area contributed by atoms with E-state index in [9.17, 15) is 0 Å². The Kier molecular flexibility index (Phi) is 6.39. The molecule has 216 valence electrons. The molecule has 45 heavy (non-hydrogen) atoms. The molecule has 2 aromatic heterocycles. The number of pyridine rings is 1. The number of nitrogens with zero attached hydrogens (tertiary/aromatic N) is 2. The van der Waals surface area contributed by atoms with Crippen molar-refractivity contribution in [2.45, 2.75) is 27.7 Å². The number of hydrogen-bond donors (Lipinski definition) is 0. The molecule has 6 aromatic carbocycles. The van der Waals surface area contributed by atoms with Crippen LogP contribution in [0.2, 0.25) is 0 Å². The lowest BCUT2D eigenvalue weighted by atomic mass is 9.97.